The number of fused-ring (bicyclic) bond motifs is 2. The highest BCUT2D eigenvalue weighted by Crippen LogP contribution is 2.42. The lowest BCUT2D eigenvalue weighted by atomic mass is 9.93. The Hall–Kier alpha value is -2.17. The Morgan fingerprint density at radius 1 is 1.12 bits per heavy atom. The molecule has 25 heavy (non-hydrogen) atoms. The summed E-state index contributed by atoms with van der Waals surface area (Å²) in [6.45, 7) is 4.93. The summed E-state index contributed by atoms with van der Waals surface area (Å²) in [6.07, 6.45) is 6.87. The van der Waals surface area contributed by atoms with Crippen molar-refractivity contribution in [3.8, 4) is 0 Å². The average molecular weight is 364 g/mol. The molecule has 0 saturated heterocycles. The molecule has 0 spiro atoms. The van der Waals surface area contributed by atoms with Gasteiger partial charge in [-0.15, -0.1) is 11.3 Å². The summed E-state index contributed by atoms with van der Waals surface area (Å²) in [7, 11) is 2.21. The van der Waals surface area contributed by atoms with Crippen molar-refractivity contribution in [1.29, 1.82) is 0 Å². The van der Waals surface area contributed by atoms with E-state index in [1.54, 1.807) is 0 Å². The van der Waals surface area contributed by atoms with Crippen LogP contribution in [0.25, 0.3) is 5.57 Å². The summed E-state index contributed by atoms with van der Waals surface area (Å²) in [6, 6.07) is 11.3. The van der Waals surface area contributed by atoms with Gasteiger partial charge < -0.3 is 5.32 Å². The van der Waals surface area contributed by atoms with Gasteiger partial charge in [-0.3, -0.25) is 0 Å². The SMILES string of the molecule is CNc1ccc2c(c1)[Si](C)(C)C1=CC(=[NH+]C)C=CC1=C2c1cccs1. The average Bonchev–Trinajstić information content (AvgIpc) is 3.16. The molecule has 2 nitrogen and oxygen atoms in total. The molecule has 4 rings (SSSR count). The molecule has 0 radical (unpaired) electrons. The van der Waals surface area contributed by atoms with Crippen LogP contribution in [0, 0.1) is 0 Å². The van der Waals surface area contributed by atoms with Crippen LogP contribution in [0.4, 0.5) is 5.69 Å². The topological polar surface area (TPSA) is 26.0 Å². The van der Waals surface area contributed by atoms with Crippen molar-refractivity contribution in [3.05, 3.63) is 75.2 Å². The molecule has 1 aliphatic heterocycles. The molecule has 2 N–H and O–H groups in total. The third-order valence-electron chi connectivity index (χ3n) is 5.27. The minimum absolute atomic E-state index is 1.19. The number of nitrogens with one attached hydrogen (secondary N) is 2. The van der Waals surface area contributed by atoms with Gasteiger partial charge in [-0.1, -0.05) is 25.2 Å². The number of anilines is 1. The normalized spacial score (nSPS) is 19.5. The first-order valence-corrected chi connectivity index (χ1v) is 12.5. The highest BCUT2D eigenvalue weighted by molar-refractivity contribution is 7.11. The van der Waals surface area contributed by atoms with Crippen molar-refractivity contribution in [2.75, 3.05) is 19.4 Å². The molecule has 1 aromatic heterocycles. The number of benzene rings is 1. The molecule has 0 saturated carbocycles. The molecule has 2 aromatic rings. The fraction of sp³-hybridized carbons (Fsp3) is 0.190. The van der Waals surface area contributed by atoms with Gasteiger partial charge in [-0.2, -0.15) is 0 Å². The fourth-order valence-corrected chi connectivity index (χ4v) is 7.73. The van der Waals surface area contributed by atoms with Crippen LogP contribution >= 0.6 is 11.3 Å². The van der Waals surface area contributed by atoms with Gasteiger partial charge in [-0.05, 0) is 51.2 Å². The van der Waals surface area contributed by atoms with E-state index in [1.165, 1.54) is 43.4 Å². The maximum Gasteiger partial charge on any atom is 0.197 e. The van der Waals surface area contributed by atoms with Crippen molar-refractivity contribution >= 4 is 41.6 Å². The van der Waals surface area contributed by atoms with Gasteiger partial charge in [0.15, 0.2) is 5.71 Å². The van der Waals surface area contributed by atoms with Crippen molar-refractivity contribution in [3.63, 3.8) is 0 Å². The molecule has 0 fully saturated rings. The Kier molecular flexibility index (Phi) is 3.89. The Morgan fingerprint density at radius 3 is 2.64 bits per heavy atom. The van der Waals surface area contributed by atoms with Gasteiger partial charge in [0.1, 0.15) is 15.1 Å². The largest absolute Gasteiger partial charge is 0.388 e. The molecule has 1 aromatic carbocycles. The number of hydrogen-bond donors (Lipinski definition) is 2. The molecule has 126 valence electrons. The zero-order valence-corrected chi connectivity index (χ0v) is 16.9. The summed E-state index contributed by atoms with van der Waals surface area (Å²) in [5.41, 5.74) is 6.58. The summed E-state index contributed by atoms with van der Waals surface area (Å²) in [5.74, 6) is 0. The predicted molar refractivity (Wildman–Crippen MR) is 113 cm³/mol. The number of rotatable bonds is 2. The van der Waals surface area contributed by atoms with Gasteiger partial charge in [0.2, 0.25) is 0 Å². The smallest absolute Gasteiger partial charge is 0.197 e. The van der Waals surface area contributed by atoms with Crippen molar-refractivity contribution < 1.29 is 4.99 Å². The quantitative estimate of drug-likeness (QED) is 0.789. The van der Waals surface area contributed by atoms with E-state index in [4.69, 9.17) is 0 Å². The zero-order valence-electron chi connectivity index (χ0n) is 15.1. The predicted octanol–water partition coefficient (Wildman–Crippen LogP) is 2.71. The Morgan fingerprint density at radius 2 is 1.96 bits per heavy atom. The lowest BCUT2D eigenvalue weighted by Crippen LogP contribution is -2.67. The van der Waals surface area contributed by atoms with Crippen molar-refractivity contribution in [2.24, 2.45) is 0 Å². The highest BCUT2D eigenvalue weighted by atomic mass is 32.1. The van der Waals surface area contributed by atoms with E-state index in [0.29, 0.717) is 0 Å². The first-order valence-electron chi connectivity index (χ1n) is 8.62. The fourth-order valence-electron chi connectivity index (χ4n) is 3.85. The molecule has 2 aliphatic rings. The second kappa shape index (κ2) is 5.97. The van der Waals surface area contributed by atoms with E-state index in [1.807, 2.05) is 25.4 Å². The summed E-state index contributed by atoms with van der Waals surface area (Å²) < 4.78 is 0. The van der Waals surface area contributed by atoms with Crippen LogP contribution in [0.5, 0.6) is 0 Å². The lowest BCUT2D eigenvalue weighted by Gasteiger charge is -2.37. The lowest BCUT2D eigenvalue weighted by molar-refractivity contribution is -0.417. The van der Waals surface area contributed by atoms with Gasteiger partial charge in [-0.25, -0.2) is 4.99 Å². The summed E-state index contributed by atoms with van der Waals surface area (Å²) in [4.78, 5) is 4.66. The molecule has 0 atom stereocenters. The number of thiophene rings is 1. The standard InChI is InChI=1S/C21H22N2SSi/c1-22-14-7-9-16-19(12-14)25(3,4)20-13-15(23-2)8-10-17(20)21(16)18-6-5-11-24-18/h5-13,22H,1-4H3/p+1. The molecule has 0 unspecified atom stereocenters. The highest BCUT2D eigenvalue weighted by Gasteiger charge is 2.40. The van der Waals surface area contributed by atoms with E-state index < -0.39 is 8.07 Å². The molecular formula is C21H23N2SSi+. The molecule has 0 bridgehead atoms. The Balaban J connectivity index is 2.08. The van der Waals surface area contributed by atoms with E-state index in [2.05, 4.69) is 77.3 Å². The van der Waals surface area contributed by atoms with Crippen molar-refractivity contribution in [1.82, 2.24) is 0 Å². The molecular weight excluding hydrogens is 340 g/mol. The van der Waals surface area contributed by atoms with Crippen molar-refractivity contribution in [2.45, 2.75) is 13.1 Å². The minimum Gasteiger partial charge on any atom is -0.388 e. The minimum atomic E-state index is -1.78. The maximum atomic E-state index is 3.31. The van der Waals surface area contributed by atoms with Crippen LogP contribution in [0.2, 0.25) is 13.1 Å². The Labute approximate surface area is 154 Å². The summed E-state index contributed by atoms with van der Waals surface area (Å²) >= 11 is 1.82. The molecule has 0 amide bonds. The van der Waals surface area contributed by atoms with Gasteiger partial charge in [0.25, 0.3) is 0 Å². The summed E-state index contributed by atoms with van der Waals surface area (Å²) in [5, 5.41) is 8.52. The van der Waals surface area contributed by atoms with Crippen LogP contribution < -0.4 is 15.5 Å². The van der Waals surface area contributed by atoms with Crippen LogP contribution in [0.1, 0.15) is 10.4 Å². The molecule has 1 aliphatic carbocycles. The van der Waals surface area contributed by atoms with Crippen LogP contribution in [-0.4, -0.2) is 27.9 Å². The van der Waals surface area contributed by atoms with Crippen LogP contribution in [0.3, 0.4) is 0 Å². The number of hydrogen-bond acceptors (Lipinski definition) is 2. The van der Waals surface area contributed by atoms with E-state index in [-0.39, 0.29) is 0 Å². The van der Waals surface area contributed by atoms with Gasteiger partial charge in [0, 0.05) is 35.3 Å². The zero-order chi connectivity index (χ0) is 17.6. The number of allylic oxidation sites excluding steroid dienone is 5. The third kappa shape index (κ3) is 2.48. The van der Waals surface area contributed by atoms with Gasteiger partial charge >= 0.3 is 0 Å². The van der Waals surface area contributed by atoms with E-state index >= 15 is 0 Å². The first-order chi connectivity index (χ1) is 12.1. The van der Waals surface area contributed by atoms with E-state index in [0.717, 1.165) is 0 Å². The third-order valence-corrected chi connectivity index (χ3v) is 9.68. The van der Waals surface area contributed by atoms with Gasteiger partial charge in [0.05, 0.1) is 0 Å². The van der Waals surface area contributed by atoms with E-state index in [9.17, 15) is 0 Å². The first kappa shape index (κ1) is 16.3. The van der Waals surface area contributed by atoms with Crippen LogP contribution in [0.15, 0.2) is 64.7 Å². The molecule has 2 heterocycles. The second-order valence-corrected chi connectivity index (χ2v) is 12.3. The second-order valence-electron chi connectivity index (χ2n) is 7.00. The maximum absolute atomic E-state index is 3.31. The molecule has 4 heteroatoms. The monoisotopic (exact) mass is 363 g/mol. The van der Waals surface area contributed by atoms with Crippen LogP contribution in [-0.2, 0) is 0 Å². The Bertz CT molecular complexity index is 960.